The second kappa shape index (κ2) is 25.3. The molecule has 5 N–H and O–H groups in total. The molecule has 0 unspecified atom stereocenters. The van der Waals surface area contributed by atoms with E-state index in [4.69, 9.17) is 24.7 Å². The molecule has 0 atom stereocenters. The zero-order valence-electron chi connectivity index (χ0n) is 45.1. The number of aromatic nitrogens is 6. The lowest BCUT2D eigenvalue weighted by molar-refractivity contribution is -0.111. The number of likely N-dealkylation sites (N-methyl/N-ethyl adjacent to an activating group) is 4. The number of halogens is 4. The zero-order chi connectivity index (χ0) is 56.4. The maximum Gasteiger partial charge on any atom is 0.387 e. The first-order valence-electron chi connectivity index (χ1n) is 24.4. The Bertz CT molecular complexity index is 3390. The molecule has 1 amide bonds. The molecule has 8 rings (SSSR count). The van der Waals surface area contributed by atoms with Gasteiger partial charge < -0.3 is 69.4 Å². The van der Waals surface area contributed by atoms with Crippen LogP contribution in [0, 0.1) is 0 Å². The summed E-state index contributed by atoms with van der Waals surface area (Å²) in [6, 6.07) is 21.1. The number of nitrogens with zero attached hydrogens (tertiary/aromatic N) is 10. The molecule has 0 spiro atoms. The number of hydrogen-bond acceptors (Lipinski definition) is 16. The van der Waals surface area contributed by atoms with E-state index in [0.717, 1.165) is 57.1 Å². The van der Waals surface area contributed by atoms with Crippen molar-refractivity contribution < 1.29 is 41.3 Å². The minimum absolute atomic E-state index is 0.0536. The van der Waals surface area contributed by atoms with Gasteiger partial charge in [-0.2, -0.15) is 17.6 Å². The van der Waals surface area contributed by atoms with Gasteiger partial charge in [-0.25, -0.2) is 19.9 Å². The molecule has 0 bridgehead atoms. The molecule has 0 aliphatic rings. The lowest BCUT2D eigenvalue weighted by atomic mass is 10.1. The number of alkyl halides is 4. The van der Waals surface area contributed by atoms with Crippen molar-refractivity contribution in [3.63, 3.8) is 0 Å². The fraction of sp³-hybridized carbons (Fsp3) is 0.291. The summed E-state index contributed by atoms with van der Waals surface area (Å²) >= 11 is 0. The largest absolute Gasteiger partial charge is 0.497 e. The molecule has 0 aliphatic carbocycles. The molecule has 0 saturated heterocycles. The maximum atomic E-state index is 13.5. The average Bonchev–Trinajstić information content (AvgIpc) is 4.01. The second-order valence-corrected chi connectivity index (χ2v) is 18.5. The van der Waals surface area contributed by atoms with Crippen molar-refractivity contribution in [1.82, 2.24) is 38.9 Å². The summed E-state index contributed by atoms with van der Waals surface area (Å²) in [7, 11) is 18.5. The van der Waals surface area contributed by atoms with Crippen molar-refractivity contribution in [2.75, 3.05) is 114 Å². The van der Waals surface area contributed by atoms with Gasteiger partial charge in [-0.1, -0.05) is 6.58 Å². The monoisotopic (exact) mass is 1080 g/mol. The third kappa shape index (κ3) is 14.0. The van der Waals surface area contributed by atoms with Gasteiger partial charge >= 0.3 is 13.2 Å². The quantitative estimate of drug-likeness (QED) is 0.0285. The first-order valence-corrected chi connectivity index (χ1v) is 24.4. The van der Waals surface area contributed by atoms with Crippen LogP contribution in [0.15, 0.2) is 110 Å². The van der Waals surface area contributed by atoms with Crippen LogP contribution >= 0.6 is 0 Å². The molecule has 23 heteroatoms. The highest BCUT2D eigenvalue weighted by Gasteiger charge is 2.22. The Morgan fingerprint density at radius 3 is 1.53 bits per heavy atom. The molecule has 0 aliphatic heterocycles. The SMILES string of the molecule is C=CC(=O)Nc1cc(Nc2nccc(-c3cn(C)c4cc(OC)ccc34)n2)c(OC(F)F)cc1N(C)CCN(C)C.COc1ccc2c(-c3ccnc(Nc4cc(N)c(N(C)CCN(C)C)cc4OC(F)F)n3)cn(C)c2c1. The van der Waals surface area contributed by atoms with Gasteiger partial charge in [-0.3, -0.25) is 4.79 Å². The second-order valence-electron chi connectivity index (χ2n) is 18.5. The molecule has 412 valence electrons. The fourth-order valence-corrected chi connectivity index (χ4v) is 8.38. The van der Waals surface area contributed by atoms with Crippen molar-refractivity contribution >= 4 is 73.7 Å². The van der Waals surface area contributed by atoms with Crippen LogP contribution in [0.3, 0.4) is 0 Å². The highest BCUT2D eigenvalue weighted by molar-refractivity contribution is 6.02. The van der Waals surface area contributed by atoms with Crippen molar-refractivity contribution in [2.24, 2.45) is 14.1 Å². The van der Waals surface area contributed by atoms with E-state index in [-0.39, 0.29) is 34.8 Å². The summed E-state index contributed by atoms with van der Waals surface area (Å²) in [5.41, 5.74) is 13.5. The summed E-state index contributed by atoms with van der Waals surface area (Å²) in [4.78, 5) is 37.8. The van der Waals surface area contributed by atoms with Crippen LogP contribution in [-0.2, 0) is 18.9 Å². The molecule has 4 heterocycles. The molecular weight excluding hydrogens is 1010 g/mol. The summed E-state index contributed by atoms with van der Waals surface area (Å²) < 4.78 is 77.9. The summed E-state index contributed by atoms with van der Waals surface area (Å²) in [5, 5.41) is 10.7. The minimum Gasteiger partial charge on any atom is -0.497 e. The average molecular weight is 1080 g/mol. The molecule has 0 fully saturated rings. The van der Waals surface area contributed by atoms with Gasteiger partial charge in [0.1, 0.15) is 11.5 Å². The number of ether oxygens (including phenoxy) is 4. The summed E-state index contributed by atoms with van der Waals surface area (Å²) in [6.07, 6.45) is 8.23. The van der Waals surface area contributed by atoms with E-state index in [1.165, 1.54) is 18.2 Å². The normalized spacial score (nSPS) is 11.3. The van der Waals surface area contributed by atoms with Crippen molar-refractivity contribution in [3.05, 3.63) is 110 Å². The van der Waals surface area contributed by atoms with E-state index in [1.807, 2.05) is 127 Å². The molecular formula is C55H64F4N14O5. The Kier molecular flexibility index (Phi) is 18.5. The van der Waals surface area contributed by atoms with Gasteiger partial charge in [-0.15, -0.1) is 0 Å². The number of methoxy groups -OCH3 is 2. The number of aryl methyl sites for hydroxylation is 2. The molecule has 8 aromatic rings. The third-order valence-corrected chi connectivity index (χ3v) is 12.4. The number of carbonyl (C=O) groups is 1. The topological polar surface area (TPSA) is 190 Å². The predicted molar refractivity (Wildman–Crippen MR) is 301 cm³/mol. The number of hydrogen-bond donors (Lipinski definition) is 4. The van der Waals surface area contributed by atoms with Gasteiger partial charge in [0.2, 0.25) is 17.8 Å². The van der Waals surface area contributed by atoms with E-state index in [9.17, 15) is 22.4 Å². The molecule has 78 heavy (non-hydrogen) atoms. The number of benzene rings is 4. The molecule has 0 radical (unpaired) electrons. The van der Waals surface area contributed by atoms with Gasteiger partial charge in [0.05, 0.1) is 70.8 Å². The van der Waals surface area contributed by atoms with Crippen LogP contribution in [0.4, 0.5) is 63.6 Å². The number of amides is 1. The number of rotatable bonds is 22. The smallest absolute Gasteiger partial charge is 0.387 e. The van der Waals surface area contributed by atoms with Crippen LogP contribution < -0.4 is 50.4 Å². The van der Waals surface area contributed by atoms with E-state index < -0.39 is 19.1 Å². The van der Waals surface area contributed by atoms with E-state index in [1.54, 1.807) is 51.9 Å². The van der Waals surface area contributed by atoms with Crippen LogP contribution in [0.2, 0.25) is 0 Å². The van der Waals surface area contributed by atoms with Gasteiger partial charge in [-0.05, 0) is 82.8 Å². The first kappa shape index (κ1) is 56.9. The number of nitrogens with two attached hydrogens (primary N) is 1. The van der Waals surface area contributed by atoms with E-state index >= 15 is 0 Å². The molecule has 19 nitrogen and oxygen atoms in total. The van der Waals surface area contributed by atoms with Crippen LogP contribution in [0.1, 0.15) is 0 Å². The Hall–Kier alpha value is -8.83. The lowest BCUT2D eigenvalue weighted by Gasteiger charge is -2.26. The van der Waals surface area contributed by atoms with Gasteiger partial charge in [0.25, 0.3) is 0 Å². The maximum absolute atomic E-state index is 13.5. The van der Waals surface area contributed by atoms with Crippen LogP contribution in [0.25, 0.3) is 44.3 Å². The lowest BCUT2D eigenvalue weighted by Crippen LogP contribution is -2.29. The minimum atomic E-state index is -3.08. The first-order chi connectivity index (χ1) is 37.2. The number of carbonyl (C=O) groups excluding carboxylic acids is 1. The number of fused-ring (bicyclic) bond motifs is 2. The van der Waals surface area contributed by atoms with Crippen LogP contribution in [0.5, 0.6) is 23.0 Å². The predicted octanol–water partition coefficient (Wildman–Crippen LogP) is 9.68. The molecule has 0 saturated carbocycles. The van der Waals surface area contributed by atoms with E-state index in [0.29, 0.717) is 53.8 Å². The fourth-order valence-electron chi connectivity index (χ4n) is 8.38. The molecule has 4 aromatic heterocycles. The number of nitrogen functional groups attached to an aromatic ring is 1. The standard InChI is InChI=1S/C29H33F2N7O3.C26H31F2N7O2/c1-7-27(39)33-22-15-23(26(41-28(30)31)16-25(22)37(4)13-12-36(2)3)35-29-32-11-10-21(34-29)20-17-38(5)24-14-18(40-6)8-9-19(20)24;1-33(2)10-11-34(3)23-14-24(37-25(27)28)21(13-19(23)29)32-26-30-9-8-20(31-26)18-15-35(4)22-12-16(36-5)6-7-17(18)22/h7-11,14-17,28H,1,12-13H2,2-6H3,(H,33,39)(H,32,34,35);6-9,12-15,25H,10-11,29H2,1-5H3,(H,30,31,32). The van der Waals surface area contributed by atoms with Crippen molar-refractivity contribution in [2.45, 2.75) is 13.2 Å². The van der Waals surface area contributed by atoms with Gasteiger partial charge in [0.15, 0.2) is 11.5 Å². The highest BCUT2D eigenvalue weighted by Crippen LogP contribution is 2.41. The summed E-state index contributed by atoms with van der Waals surface area (Å²) in [5.74, 6) is 1.22. The van der Waals surface area contributed by atoms with E-state index in [2.05, 4.69) is 42.5 Å². The Labute approximate surface area is 449 Å². The third-order valence-electron chi connectivity index (χ3n) is 12.4. The molecule has 4 aromatic carbocycles. The van der Waals surface area contributed by atoms with Crippen molar-refractivity contribution in [1.29, 1.82) is 0 Å². The Morgan fingerprint density at radius 1 is 0.641 bits per heavy atom. The zero-order valence-corrected chi connectivity index (χ0v) is 45.1. The number of nitrogens with one attached hydrogen (secondary N) is 3. The Morgan fingerprint density at radius 2 is 1.09 bits per heavy atom. The van der Waals surface area contributed by atoms with Crippen LogP contribution in [-0.4, -0.2) is 141 Å². The van der Waals surface area contributed by atoms with Gasteiger partial charge in [0, 0.05) is 125 Å². The number of anilines is 8. The van der Waals surface area contributed by atoms with Crippen molar-refractivity contribution in [3.8, 4) is 45.5 Å². The summed E-state index contributed by atoms with van der Waals surface area (Å²) in [6.45, 7) is 0.0933. The highest BCUT2D eigenvalue weighted by atomic mass is 19.3. The Balaban J connectivity index is 0.000000227.